The summed E-state index contributed by atoms with van der Waals surface area (Å²) in [6.45, 7) is 1.25. The third-order valence-electron chi connectivity index (χ3n) is 3.10. The quantitative estimate of drug-likeness (QED) is 0.871. The van der Waals surface area contributed by atoms with Crippen LogP contribution in [-0.4, -0.2) is 34.3 Å². The molecule has 1 fully saturated rings. The van der Waals surface area contributed by atoms with E-state index in [1.807, 2.05) is 0 Å². The number of carbonyl (C=O) groups is 1. The Hall–Kier alpha value is -2.58. The number of ether oxygens (including phenoxy) is 1. The van der Waals surface area contributed by atoms with Gasteiger partial charge in [-0.2, -0.15) is 18.2 Å². The molecule has 0 spiro atoms. The number of cyclic esters (lactones) is 1. The van der Waals surface area contributed by atoms with Crippen molar-refractivity contribution in [3.63, 3.8) is 0 Å². The molecule has 1 aromatic carbocycles. The highest BCUT2D eigenvalue weighted by molar-refractivity contribution is 5.69. The number of hydrogen-bond donors (Lipinski definition) is 0. The number of carbonyl (C=O) groups excluding carboxylic acids is 1. The van der Waals surface area contributed by atoms with Crippen molar-refractivity contribution in [2.75, 3.05) is 13.2 Å². The third-order valence-corrected chi connectivity index (χ3v) is 3.10. The summed E-state index contributed by atoms with van der Waals surface area (Å²) < 4.78 is 46.2. The van der Waals surface area contributed by atoms with E-state index in [-0.39, 0.29) is 11.9 Å². The van der Waals surface area contributed by atoms with Gasteiger partial charge in [-0.15, -0.1) is 0 Å². The van der Waals surface area contributed by atoms with Crippen LogP contribution in [0.25, 0.3) is 11.4 Å². The molecule has 0 bridgehead atoms. The van der Waals surface area contributed by atoms with Gasteiger partial charge >= 0.3 is 18.2 Å². The van der Waals surface area contributed by atoms with Crippen LogP contribution in [-0.2, 0) is 17.5 Å². The lowest BCUT2D eigenvalue weighted by atomic mass is 10.1. The van der Waals surface area contributed by atoms with E-state index in [1.165, 1.54) is 4.90 Å². The number of nitrogens with zero attached hydrogens (tertiary/aromatic N) is 3. The van der Waals surface area contributed by atoms with E-state index in [0.717, 1.165) is 5.56 Å². The average molecular weight is 313 g/mol. The highest BCUT2D eigenvalue weighted by Crippen LogP contribution is 2.29. The van der Waals surface area contributed by atoms with Crippen molar-refractivity contribution in [2.45, 2.75) is 12.7 Å². The Bertz CT molecular complexity index is 682. The Morgan fingerprint density at radius 3 is 2.50 bits per heavy atom. The van der Waals surface area contributed by atoms with Gasteiger partial charge in [0.1, 0.15) is 6.61 Å². The number of benzene rings is 1. The first-order valence-corrected chi connectivity index (χ1v) is 6.35. The van der Waals surface area contributed by atoms with Gasteiger partial charge in [-0.3, -0.25) is 0 Å². The molecular formula is C13H10F3N3O3. The summed E-state index contributed by atoms with van der Waals surface area (Å²) in [7, 11) is 0. The lowest BCUT2D eigenvalue weighted by Crippen LogP contribution is -2.23. The highest BCUT2D eigenvalue weighted by Gasteiger charge is 2.38. The fourth-order valence-corrected chi connectivity index (χ4v) is 2.00. The van der Waals surface area contributed by atoms with Crippen molar-refractivity contribution in [1.82, 2.24) is 15.0 Å². The van der Waals surface area contributed by atoms with Gasteiger partial charge < -0.3 is 14.2 Å². The molecule has 1 aliphatic rings. The normalized spacial score (nSPS) is 15.2. The van der Waals surface area contributed by atoms with Crippen molar-refractivity contribution in [2.24, 2.45) is 0 Å². The zero-order chi connectivity index (χ0) is 15.7. The smallest absolute Gasteiger partial charge is 0.448 e. The lowest BCUT2D eigenvalue weighted by Gasteiger charge is -2.12. The van der Waals surface area contributed by atoms with E-state index in [9.17, 15) is 18.0 Å². The lowest BCUT2D eigenvalue weighted by molar-refractivity contribution is -0.159. The van der Waals surface area contributed by atoms with Gasteiger partial charge in [0, 0.05) is 12.1 Å². The molecule has 0 aliphatic carbocycles. The fraction of sp³-hybridized carbons (Fsp3) is 0.308. The van der Waals surface area contributed by atoms with Gasteiger partial charge in [0.25, 0.3) is 0 Å². The molecule has 116 valence electrons. The standard InChI is InChI=1S/C13H10F3N3O3/c14-13(15,16)11-17-10(18-22-11)9-3-1-8(2-4-9)7-19-5-6-21-12(19)20/h1-4H,5-7H2. The van der Waals surface area contributed by atoms with Crippen molar-refractivity contribution in [1.29, 1.82) is 0 Å². The van der Waals surface area contributed by atoms with Gasteiger partial charge in [0.15, 0.2) is 0 Å². The molecule has 2 aromatic rings. The minimum atomic E-state index is -4.67. The van der Waals surface area contributed by atoms with Gasteiger partial charge in [-0.25, -0.2) is 4.79 Å². The number of alkyl halides is 3. The summed E-state index contributed by atoms with van der Waals surface area (Å²) in [5, 5.41) is 3.31. The number of hydrogen-bond acceptors (Lipinski definition) is 5. The number of aromatic nitrogens is 2. The molecular weight excluding hydrogens is 303 g/mol. The molecule has 0 atom stereocenters. The maximum Gasteiger partial charge on any atom is 0.471 e. The second-order valence-electron chi connectivity index (χ2n) is 4.65. The molecule has 22 heavy (non-hydrogen) atoms. The molecule has 0 unspecified atom stereocenters. The van der Waals surface area contributed by atoms with Crippen LogP contribution in [0.15, 0.2) is 28.8 Å². The van der Waals surface area contributed by atoms with E-state index < -0.39 is 12.1 Å². The highest BCUT2D eigenvalue weighted by atomic mass is 19.4. The zero-order valence-electron chi connectivity index (χ0n) is 11.1. The van der Waals surface area contributed by atoms with Crippen molar-refractivity contribution in [3.05, 3.63) is 35.7 Å². The SMILES string of the molecule is O=C1OCCN1Cc1ccc(-c2noc(C(F)(F)F)n2)cc1. The van der Waals surface area contributed by atoms with Gasteiger partial charge in [-0.1, -0.05) is 29.4 Å². The molecule has 6 nitrogen and oxygen atoms in total. The fourth-order valence-electron chi connectivity index (χ4n) is 2.00. The van der Waals surface area contributed by atoms with Crippen molar-refractivity contribution >= 4 is 6.09 Å². The summed E-state index contributed by atoms with van der Waals surface area (Å²) in [4.78, 5) is 16.2. The molecule has 1 amide bonds. The van der Waals surface area contributed by atoms with Crippen LogP contribution in [0.1, 0.15) is 11.5 Å². The van der Waals surface area contributed by atoms with Crippen LogP contribution in [0.3, 0.4) is 0 Å². The Balaban J connectivity index is 1.74. The Labute approximate surface area is 122 Å². The Morgan fingerprint density at radius 1 is 1.23 bits per heavy atom. The van der Waals surface area contributed by atoms with Gasteiger partial charge in [0.05, 0.1) is 6.54 Å². The number of amides is 1. The molecule has 0 radical (unpaired) electrons. The maximum absolute atomic E-state index is 12.4. The molecule has 0 saturated carbocycles. The van der Waals surface area contributed by atoms with Gasteiger partial charge in [-0.05, 0) is 5.56 Å². The van der Waals surface area contributed by atoms with Crippen LogP contribution in [0.2, 0.25) is 0 Å². The van der Waals surface area contributed by atoms with Crippen LogP contribution in [0.5, 0.6) is 0 Å². The van der Waals surface area contributed by atoms with Crippen LogP contribution in [0, 0.1) is 0 Å². The first kappa shape index (κ1) is 14.4. The number of rotatable bonds is 3. The summed E-state index contributed by atoms with van der Waals surface area (Å²) >= 11 is 0. The Kier molecular flexibility index (Phi) is 3.47. The Morgan fingerprint density at radius 2 is 1.95 bits per heavy atom. The molecule has 1 aromatic heterocycles. The summed E-state index contributed by atoms with van der Waals surface area (Å²) in [6, 6.07) is 6.51. The van der Waals surface area contributed by atoms with Crippen molar-refractivity contribution < 1.29 is 27.2 Å². The summed E-state index contributed by atoms with van der Waals surface area (Å²) in [5.74, 6) is -1.52. The van der Waals surface area contributed by atoms with Crippen molar-refractivity contribution in [3.8, 4) is 11.4 Å². The van der Waals surface area contributed by atoms with E-state index in [1.54, 1.807) is 24.3 Å². The minimum Gasteiger partial charge on any atom is -0.448 e. The minimum absolute atomic E-state index is 0.139. The summed E-state index contributed by atoms with van der Waals surface area (Å²) in [5.41, 5.74) is 1.22. The molecule has 2 heterocycles. The maximum atomic E-state index is 12.4. The largest absolute Gasteiger partial charge is 0.471 e. The first-order chi connectivity index (χ1) is 10.4. The van der Waals surface area contributed by atoms with Crippen LogP contribution >= 0.6 is 0 Å². The van der Waals surface area contributed by atoms with Crippen LogP contribution in [0.4, 0.5) is 18.0 Å². The zero-order valence-corrected chi connectivity index (χ0v) is 11.1. The number of halogens is 3. The predicted molar refractivity (Wildman–Crippen MR) is 66.5 cm³/mol. The second kappa shape index (κ2) is 5.32. The topological polar surface area (TPSA) is 68.5 Å². The molecule has 3 rings (SSSR count). The van der Waals surface area contributed by atoms with E-state index in [4.69, 9.17) is 4.74 Å². The monoisotopic (exact) mass is 313 g/mol. The summed E-state index contributed by atoms with van der Waals surface area (Å²) in [6.07, 6.45) is -5.04. The molecule has 1 saturated heterocycles. The van der Waals surface area contributed by atoms with Gasteiger partial charge in [0.2, 0.25) is 5.82 Å². The predicted octanol–water partition coefficient (Wildman–Crippen LogP) is 2.71. The molecule has 0 N–H and O–H groups in total. The van der Waals surface area contributed by atoms with E-state index >= 15 is 0 Å². The van der Waals surface area contributed by atoms with Crippen LogP contribution < -0.4 is 0 Å². The van der Waals surface area contributed by atoms with E-state index in [0.29, 0.717) is 25.3 Å². The average Bonchev–Trinajstić information content (AvgIpc) is 3.09. The molecule has 9 heteroatoms. The third kappa shape index (κ3) is 2.87. The van der Waals surface area contributed by atoms with E-state index in [2.05, 4.69) is 14.7 Å². The molecule has 1 aliphatic heterocycles. The first-order valence-electron chi connectivity index (χ1n) is 6.35. The second-order valence-corrected chi connectivity index (χ2v) is 4.65.